The van der Waals surface area contributed by atoms with Crippen LogP contribution in [0.4, 0.5) is 10.6 Å². The number of amides is 1. The minimum absolute atomic E-state index is 0.305. The molecule has 0 atom stereocenters. The molecule has 2 aromatic heterocycles. The van der Waals surface area contributed by atoms with Crippen LogP contribution < -0.4 is 11.1 Å². The van der Waals surface area contributed by atoms with Crippen LogP contribution in [0.25, 0.3) is 11.0 Å². The highest BCUT2D eigenvalue weighted by Crippen LogP contribution is 2.32. The number of primary amides is 1. The van der Waals surface area contributed by atoms with Crippen molar-refractivity contribution in [1.29, 1.82) is 0 Å². The van der Waals surface area contributed by atoms with Gasteiger partial charge < -0.3 is 25.1 Å². The van der Waals surface area contributed by atoms with E-state index in [0.29, 0.717) is 36.3 Å². The molecule has 0 spiro atoms. The molecular weight excluding hydrogens is 294 g/mol. The second-order valence-corrected chi connectivity index (χ2v) is 5.13. The molecule has 21 heavy (non-hydrogen) atoms. The van der Waals surface area contributed by atoms with Crippen LogP contribution in [0.3, 0.4) is 0 Å². The molecule has 114 valence electrons. The molecule has 1 amide bonds. The number of methoxy groups -OCH3 is 1. The van der Waals surface area contributed by atoms with Crippen LogP contribution in [-0.2, 0) is 16.2 Å². The summed E-state index contributed by atoms with van der Waals surface area (Å²) < 4.78 is 12.2. The molecule has 2 aromatic rings. The lowest BCUT2D eigenvalue weighted by Gasteiger charge is -2.06. The van der Waals surface area contributed by atoms with E-state index in [4.69, 9.17) is 15.2 Å². The van der Waals surface area contributed by atoms with Gasteiger partial charge in [-0.25, -0.2) is 9.97 Å². The summed E-state index contributed by atoms with van der Waals surface area (Å²) in [5.41, 5.74) is 5.94. The summed E-state index contributed by atoms with van der Waals surface area (Å²) in [5.74, 6) is 0.638. The van der Waals surface area contributed by atoms with E-state index in [1.54, 1.807) is 24.9 Å². The van der Waals surface area contributed by atoms with E-state index in [0.717, 1.165) is 17.1 Å². The number of hydrogen-bond donors (Lipinski definition) is 2. The predicted octanol–water partition coefficient (Wildman–Crippen LogP) is 1.26. The Labute approximate surface area is 126 Å². The fraction of sp³-hybridized carbons (Fsp3) is 0.417. The summed E-state index contributed by atoms with van der Waals surface area (Å²) in [6, 6.07) is 0. The third-order valence-electron chi connectivity index (χ3n) is 2.73. The SMILES string of the molecule is CNc1ncnc2c1c(SC(N)=O)cn2COCCOC. The van der Waals surface area contributed by atoms with Gasteiger partial charge in [0.25, 0.3) is 5.24 Å². The Kier molecular flexibility index (Phi) is 5.37. The van der Waals surface area contributed by atoms with Gasteiger partial charge in [0.05, 0.1) is 18.6 Å². The Morgan fingerprint density at radius 2 is 2.29 bits per heavy atom. The highest BCUT2D eigenvalue weighted by atomic mass is 32.2. The zero-order valence-corrected chi connectivity index (χ0v) is 12.6. The molecule has 8 nitrogen and oxygen atoms in total. The lowest BCUT2D eigenvalue weighted by atomic mass is 10.4. The number of fused-ring (bicyclic) bond motifs is 1. The minimum Gasteiger partial charge on any atom is -0.382 e. The molecule has 0 saturated heterocycles. The van der Waals surface area contributed by atoms with Gasteiger partial charge in [0.2, 0.25) is 0 Å². The molecule has 2 rings (SSSR count). The fourth-order valence-electron chi connectivity index (χ4n) is 1.87. The molecule has 0 fully saturated rings. The van der Waals surface area contributed by atoms with Crippen molar-refractivity contribution in [2.75, 3.05) is 32.7 Å². The topological polar surface area (TPSA) is 104 Å². The number of nitrogens with one attached hydrogen (secondary N) is 1. The number of carbonyl (C=O) groups excluding carboxylic acids is 1. The van der Waals surface area contributed by atoms with Gasteiger partial charge in [-0.3, -0.25) is 4.79 Å². The Balaban J connectivity index is 2.34. The predicted molar refractivity (Wildman–Crippen MR) is 80.3 cm³/mol. The van der Waals surface area contributed by atoms with Gasteiger partial charge in [0.15, 0.2) is 0 Å². The van der Waals surface area contributed by atoms with Gasteiger partial charge in [0, 0.05) is 25.2 Å². The van der Waals surface area contributed by atoms with Gasteiger partial charge in [0.1, 0.15) is 24.5 Å². The number of rotatable bonds is 7. The summed E-state index contributed by atoms with van der Waals surface area (Å²) in [7, 11) is 3.37. The number of hydrogen-bond acceptors (Lipinski definition) is 7. The van der Waals surface area contributed by atoms with Gasteiger partial charge in [-0.05, 0) is 11.8 Å². The number of nitrogens with zero attached hydrogens (tertiary/aromatic N) is 3. The molecule has 0 aromatic carbocycles. The average molecular weight is 311 g/mol. The van der Waals surface area contributed by atoms with Crippen molar-refractivity contribution in [1.82, 2.24) is 14.5 Å². The quantitative estimate of drug-likeness (QED) is 0.586. The van der Waals surface area contributed by atoms with E-state index in [2.05, 4.69) is 15.3 Å². The summed E-state index contributed by atoms with van der Waals surface area (Å²) >= 11 is 0.940. The zero-order valence-electron chi connectivity index (χ0n) is 11.8. The number of thioether (sulfide) groups is 1. The van der Waals surface area contributed by atoms with Crippen LogP contribution in [0.15, 0.2) is 17.4 Å². The van der Waals surface area contributed by atoms with Crippen LogP contribution >= 0.6 is 11.8 Å². The highest BCUT2D eigenvalue weighted by Gasteiger charge is 2.16. The van der Waals surface area contributed by atoms with Crippen molar-refractivity contribution in [2.45, 2.75) is 11.6 Å². The number of aromatic nitrogens is 3. The number of anilines is 1. The molecule has 0 saturated carbocycles. The second-order valence-electron chi connectivity index (χ2n) is 4.09. The van der Waals surface area contributed by atoms with Crippen molar-refractivity contribution in [3.63, 3.8) is 0 Å². The van der Waals surface area contributed by atoms with E-state index >= 15 is 0 Å². The van der Waals surface area contributed by atoms with Crippen molar-refractivity contribution in [3.05, 3.63) is 12.5 Å². The smallest absolute Gasteiger partial charge is 0.281 e. The first kappa shape index (κ1) is 15.5. The lowest BCUT2D eigenvalue weighted by molar-refractivity contribution is 0.0357. The van der Waals surface area contributed by atoms with Crippen molar-refractivity contribution in [2.24, 2.45) is 5.73 Å². The maximum Gasteiger partial charge on any atom is 0.281 e. The molecule has 3 N–H and O–H groups in total. The standard InChI is InChI=1S/C12H17N5O3S/c1-14-10-9-8(21-12(13)18)5-17(7-20-4-3-19-2)11(9)16-6-15-10/h5-6H,3-4,7H2,1-2H3,(H2,13,18)(H,14,15,16). The zero-order chi connectivity index (χ0) is 15.2. The van der Waals surface area contributed by atoms with Crippen LogP contribution in [0.5, 0.6) is 0 Å². The Hall–Kier alpha value is -1.84. The van der Waals surface area contributed by atoms with E-state index in [-0.39, 0.29) is 0 Å². The van der Waals surface area contributed by atoms with Crippen molar-refractivity contribution in [3.8, 4) is 0 Å². The van der Waals surface area contributed by atoms with E-state index in [1.807, 2.05) is 0 Å². The molecule has 9 heteroatoms. The summed E-state index contributed by atoms with van der Waals surface area (Å²) in [6.45, 7) is 1.29. The van der Waals surface area contributed by atoms with E-state index in [1.165, 1.54) is 6.33 Å². The van der Waals surface area contributed by atoms with Gasteiger partial charge in [-0.15, -0.1) is 0 Å². The summed E-state index contributed by atoms with van der Waals surface area (Å²) in [5, 5.41) is 3.25. The Morgan fingerprint density at radius 3 is 2.95 bits per heavy atom. The molecule has 0 unspecified atom stereocenters. The summed E-state index contributed by atoms with van der Waals surface area (Å²) in [4.78, 5) is 20.3. The minimum atomic E-state index is -0.486. The van der Waals surface area contributed by atoms with Crippen molar-refractivity contribution < 1.29 is 14.3 Å². The first-order chi connectivity index (χ1) is 10.2. The molecule has 0 aliphatic heterocycles. The molecular formula is C12H17N5O3S. The highest BCUT2D eigenvalue weighted by molar-refractivity contribution is 8.13. The Morgan fingerprint density at radius 1 is 1.48 bits per heavy atom. The van der Waals surface area contributed by atoms with E-state index in [9.17, 15) is 4.79 Å². The summed E-state index contributed by atoms with van der Waals surface area (Å²) in [6.07, 6.45) is 3.24. The lowest BCUT2D eigenvalue weighted by Crippen LogP contribution is -2.07. The van der Waals surface area contributed by atoms with E-state index < -0.39 is 5.24 Å². The molecule has 0 aliphatic rings. The monoisotopic (exact) mass is 311 g/mol. The van der Waals surface area contributed by atoms with Crippen LogP contribution in [-0.4, -0.2) is 47.1 Å². The number of ether oxygens (including phenoxy) is 2. The van der Waals surface area contributed by atoms with Crippen molar-refractivity contribution >= 4 is 33.9 Å². The number of nitrogens with two attached hydrogens (primary N) is 1. The first-order valence-corrected chi connectivity index (χ1v) is 7.04. The van der Waals surface area contributed by atoms with Gasteiger partial charge in [-0.1, -0.05) is 0 Å². The first-order valence-electron chi connectivity index (χ1n) is 6.23. The third kappa shape index (κ3) is 3.63. The average Bonchev–Trinajstić information content (AvgIpc) is 2.81. The fourth-order valence-corrected chi connectivity index (χ4v) is 2.55. The molecule has 0 bridgehead atoms. The largest absolute Gasteiger partial charge is 0.382 e. The second kappa shape index (κ2) is 7.25. The van der Waals surface area contributed by atoms with Crippen LogP contribution in [0, 0.1) is 0 Å². The normalized spacial score (nSPS) is 11.0. The molecule has 2 heterocycles. The maximum absolute atomic E-state index is 11.2. The van der Waals surface area contributed by atoms with Gasteiger partial charge >= 0.3 is 0 Å². The number of carbonyl (C=O) groups is 1. The van der Waals surface area contributed by atoms with Crippen LogP contribution in [0.1, 0.15) is 0 Å². The van der Waals surface area contributed by atoms with Gasteiger partial charge in [-0.2, -0.15) is 0 Å². The maximum atomic E-state index is 11.2. The molecule has 0 radical (unpaired) electrons. The molecule has 0 aliphatic carbocycles. The third-order valence-corrected chi connectivity index (χ3v) is 3.46. The van der Waals surface area contributed by atoms with Crippen LogP contribution in [0.2, 0.25) is 0 Å². The Bertz CT molecular complexity index is 631.